The minimum Gasteiger partial charge on any atom is -0.461 e. The van der Waals surface area contributed by atoms with Crippen LogP contribution < -0.4 is 0 Å². The van der Waals surface area contributed by atoms with Gasteiger partial charge in [-0.05, 0) is 37.2 Å². The smallest absolute Gasteiger partial charge is 0.309 e. The van der Waals surface area contributed by atoms with Gasteiger partial charge in [0.25, 0.3) is 15.9 Å². The summed E-state index contributed by atoms with van der Waals surface area (Å²) in [6, 6.07) is 9.49. The predicted molar refractivity (Wildman–Crippen MR) is 96.3 cm³/mol. The average Bonchev–Trinajstić information content (AvgIpc) is 2.83. The highest BCUT2D eigenvalue weighted by Gasteiger charge is 2.39. The van der Waals surface area contributed by atoms with Crippen LogP contribution in [0.2, 0.25) is 0 Å². The van der Waals surface area contributed by atoms with Gasteiger partial charge in [-0.2, -0.15) is 0 Å². The number of benzene rings is 1. The van der Waals surface area contributed by atoms with E-state index < -0.39 is 20.3 Å². The third-order valence-electron chi connectivity index (χ3n) is 4.85. The molecule has 0 saturated heterocycles. The molecule has 1 aliphatic carbocycles. The van der Waals surface area contributed by atoms with Crippen molar-refractivity contribution in [2.24, 2.45) is 11.8 Å². The van der Waals surface area contributed by atoms with Crippen LogP contribution in [0.4, 0.5) is 0 Å². The Balaban J connectivity index is 1.47. The van der Waals surface area contributed by atoms with E-state index in [0.717, 1.165) is 15.9 Å². The fourth-order valence-electron chi connectivity index (χ4n) is 3.32. The molecule has 1 aromatic rings. The van der Waals surface area contributed by atoms with Gasteiger partial charge in [0.1, 0.15) is 6.61 Å². The summed E-state index contributed by atoms with van der Waals surface area (Å²) in [5.41, 5.74) is 0.941. The molecule has 1 amide bonds. The average molecular weight is 398 g/mol. The number of carbonyl (C=O) groups is 2. The summed E-state index contributed by atoms with van der Waals surface area (Å²) >= 11 is 5.61. The van der Waals surface area contributed by atoms with Crippen LogP contribution in [0.15, 0.2) is 40.8 Å². The molecular weight excluding hydrogens is 378 g/mol. The van der Waals surface area contributed by atoms with Crippen LogP contribution in [-0.4, -0.2) is 31.1 Å². The van der Waals surface area contributed by atoms with Crippen LogP contribution in [0.3, 0.4) is 0 Å². The lowest BCUT2D eigenvalue weighted by molar-refractivity contribution is -0.151. The van der Waals surface area contributed by atoms with Crippen molar-refractivity contribution in [3.05, 3.63) is 46.3 Å². The highest BCUT2D eigenvalue weighted by molar-refractivity contribution is 7.95. The number of esters is 1. The van der Waals surface area contributed by atoms with Gasteiger partial charge >= 0.3 is 5.97 Å². The summed E-state index contributed by atoms with van der Waals surface area (Å²) in [7, 11) is -3.86. The molecule has 1 aromatic carbocycles. The van der Waals surface area contributed by atoms with Crippen molar-refractivity contribution in [1.29, 1.82) is 0 Å². The topological polar surface area (TPSA) is 80.8 Å². The van der Waals surface area contributed by atoms with E-state index in [2.05, 4.69) is 0 Å². The number of carbonyl (C=O) groups excluding carboxylic acids is 2. The molecule has 0 aromatic heterocycles. The van der Waals surface area contributed by atoms with Crippen LogP contribution >= 0.6 is 11.6 Å². The standard InChI is InChI=1S/C18H20ClNO5S/c19-16-10-17(21)20(26(16,23)24)11-13-6-8-15(9-7-13)18(22)25-12-14-4-2-1-3-5-14/h1-5,10,13,15H,6-9,11-12H2. The van der Waals surface area contributed by atoms with E-state index in [4.69, 9.17) is 16.3 Å². The molecular formula is C18H20ClNO5S. The Morgan fingerprint density at radius 3 is 2.38 bits per heavy atom. The zero-order valence-electron chi connectivity index (χ0n) is 14.1. The molecule has 1 aliphatic heterocycles. The van der Waals surface area contributed by atoms with Gasteiger partial charge in [0.05, 0.1) is 5.92 Å². The maximum Gasteiger partial charge on any atom is 0.309 e. The predicted octanol–water partition coefficient (Wildman–Crippen LogP) is 2.79. The van der Waals surface area contributed by atoms with E-state index in [1.165, 1.54) is 0 Å². The number of sulfonamides is 1. The molecule has 3 rings (SSSR count). The maximum absolute atomic E-state index is 12.2. The lowest BCUT2D eigenvalue weighted by atomic mass is 9.82. The van der Waals surface area contributed by atoms with Crippen molar-refractivity contribution in [3.8, 4) is 0 Å². The van der Waals surface area contributed by atoms with Gasteiger partial charge < -0.3 is 4.74 Å². The molecule has 0 unspecified atom stereocenters. The molecule has 6 nitrogen and oxygen atoms in total. The summed E-state index contributed by atoms with van der Waals surface area (Å²) in [6.07, 6.45) is 3.52. The largest absolute Gasteiger partial charge is 0.461 e. The van der Waals surface area contributed by atoms with Crippen LogP contribution in [0, 0.1) is 11.8 Å². The molecule has 0 atom stereocenters. The van der Waals surface area contributed by atoms with Gasteiger partial charge in [0, 0.05) is 12.6 Å². The van der Waals surface area contributed by atoms with E-state index >= 15 is 0 Å². The number of hydrogen-bond acceptors (Lipinski definition) is 5. The normalized spacial score (nSPS) is 25.0. The first-order chi connectivity index (χ1) is 12.4. The van der Waals surface area contributed by atoms with Gasteiger partial charge in [-0.1, -0.05) is 41.9 Å². The zero-order valence-corrected chi connectivity index (χ0v) is 15.7. The lowest BCUT2D eigenvalue weighted by Gasteiger charge is -2.29. The van der Waals surface area contributed by atoms with Crippen molar-refractivity contribution in [2.45, 2.75) is 32.3 Å². The first kappa shape index (κ1) is 18.9. The Kier molecular flexibility index (Phi) is 5.67. The second kappa shape index (κ2) is 7.80. The SMILES string of the molecule is O=C(OCc1ccccc1)C1CCC(CN2C(=O)C=C(Cl)S2(=O)=O)CC1. The molecule has 0 bridgehead atoms. The zero-order chi connectivity index (χ0) is 18.7. The van der Waals surface area contributed by atoms with E-state index in [-0.39, 0.29) is 31.0 Å². The van der Waals surface area contributed by atoms with Crippen molar-refractivity contribution in [1.82, 2.24) is 4.31 Å². The molecule has 0 spiro atoms. The van der Waals surface area contributed by atoms with Crippen molar-refractivity contribution in [2.75, 3.05) is 6.54 Å². The van der Waals surface area contributed by atoms with E-state index in [9.17, 15) is 18.0 Å². The highest BCUT2D eigenvalue weighted by Crippen LogP contribution is 2.33. The number of ether oxygens (including phenoxy) is 1. The first-order valence-electron chi connectivity index (χ1n) is 8.52. The third-order valence-corrected chi connectivity index (χ3v) is 7.06. The summed E-state index contributed by atoms with van der Waals surface area (Å²) in [6.45, 7) is 0.365. The molecule has 140 valence electrons. The minimum atomic E-state index is -3.86. The third kappa shape index (κ3) is 4.10. The number of hydrogen-bond donors (Lipinski definition) is 0. The van der Waals surface area contributed by atoms with Crippen molar-refractivity contribution in [3.63, 3.8) is 0 Å². The molecule has 0 N–H and O–H groups in total. The van der Waals surface area contributed by atoms with Gasteiger partial charge in [-0.25, -0.2) is 12.7 Å². The Labute approximate surface area is 157 Å². The number of amides is 1. The first-order valence-corrected chi connectivity index (χ1v) is 10.3. The van der Waals surface area contributed by atoms with Crippen molar-refractivity contribution >= 4 is 33.5 Å². The van der Waals surface area contributed by atoms with Gasteiger partial charge in [0.15, 0.2) is 4.36 Å². The van der Waals surface area contributed by atoms with Crippen LogP contribution in [0.5, 0.6) is 0 Å². The summed E-state index contributed by atoms with van der Waals surface area (Å²) in [5.74, 6) is -0.966. The van der Waals surface area contributed by atoms with Crippen LogP contribution in [0.1, 0.15) is 31.2 Å². The van der Waals surface area contributed by atoms with Crippen LogP contribution in [0.25, 0.3) is 0 Å². The molecule has 8 heteroatoms. The van der Waals surface area contributed by atoms with Gasteiger partial charge in [-0.15, -0.1) is 0 Å². The summed E-state index contributed by atoms with van der Waals surface area (Å²) < 4.78 is 29.8. The Morgan fingerprint density at radius 2 is 1.81 bits per heavy atom. The van der Waals surface area contributed by atoms with E-state index in [1.54, 1.807) is 0 Å². The maximum atomic E-state index is 12.2. The number of nitrogens with zero attached hydrogens (tertiary/aromatic N) is 1. The molecule has 1 fully saturated rings. The second-order valence-electron chi connectivity index (χ2n) is 6.63. The fourth-order valence-corrected chi connectivity index (χ4v) is 4.82. The van der Waals surface area contributed by atoms with Crippen LogP contribution in [-0.2, 0) is 31.0 Å². The Bertz CT molecular complexity index is 813. The minimum absolute atomic E-state index is 0.0304. The Morgan fingerprint density at radius 1 is 1.15 bits per heavy atom. The van der Waals surface area contributed by atoms with Gasteiger partial charge in [-0.3, -0.25) is 9.59 Å². The van der Waals surface area contributed by atoms with E-state index in [1.807, 2.05) is 30.3 Å². The van der Waals surface area contributed by atoms with E-state index in [0.29, 0.717) is 25.7 Å². The van der Waals surface area contributed by atoms with Gasteiger partial charge in [0.2, 0.25) is 0 Å². The quantitative estimate of drug-likeness (QED) is 0.713. The second-order valence-corrected chi connectivity index (χ2v) is 9.10. The monoisotopic (exact) mass is 397 g/mol. The summed E-state index contributed by atoms with van der Waals surface area (Å²) in [5, 5.41) is 0. The highest BCUT2D eigenvalue weighted by atomic mass is 35.5. The lowest BCUT2D eigenvalue weighted by Crippen LogP contribution is -2.37. The summed E-state index contributed by atoms with van der Waals surface area (Å²) in [4.78, 5) is 24.0. The van der Waals surface area contributed by atoms with Crippen molar-refractivity contribution < 1.29 is 22.7 Å². The molecule has 26 heavy (non-hydrogen) atoms. The number of rotatable bonds is 5. The molecule has 1 heterocycles. The fraction of sp³-hybridized carbons (Fsp3) is 0.444. The Hall–Kier alpha value is -1.86. The molecule has 2 aliphatic rings. The molecule has 0 radical (unpaired) electrons. The number of halogens is 1. The molecule has 1 saturated carbocycles.